The molecule has 0 radical (unpaired) electrons. The molecule has 0 fully saturated rings. The highest BCUT2D eigenvalue weighted by molar-refractivity contribution is 6.22. The van der Waals surface area contributed by atoms with Crippen molar-refractivity contribution in [2.24, 2.45) is 10.4 Å². The Bertz CT molecular complexity index is 395. The summed E-state index contributed by atoms with van der Waals surface area (Å²) in [6.07, 6.45) is 1.02. The molecule has 17 heavy (non-hydrogen) atoms. The minimum Gasteiger partial charge on any atom is -0.511 e. The number of aliphatic hydroxyl groups is 1. The van der Waals surface area contributed by atoms with Crippen LogP contribution in [0.5, 0.6) is 0 Å². The molecule has 0 atom stereocenters. The van der Waals surface area contributed by atoms with Crippen LogP contribution in [0, 0.1) is 5.41 Å². The second kappa shape index (κ2) is 4.28. The molecule has 0 aromatic rings. The van der Waals surface area contributed by atoms with Crippen molar-refractivity contribution in [1.29, 1.82) is 0 Å². The average molecular weight is 237 g/mol. The lowest BCUT2D eigenvalue weighted by molar-refractivity contribution is -0.117. The first-order valence-electron chi connectivity index (χ1n) is 6.04. The number of aliphatic imine (C=N–C) groups is 1. The molecule has 3 heteroatoms. The Morgan fingerprint density at radius 2 is 1.82 bits per heavy atom. The number of carbonyl (C=O) groups is 1. The Morgan fingerprint density at radius 3 is 2.24 bits per heavy atom. The van der Waals surface area contributed by atoms with Gasteiger partial charge >= 0.3 is 0 Å². The SMILES string of the molecule is CC(=NC(C)(C)C)C1=C(O)CC(C)(C)CC1=O. The van der Waals surface area contributed by atoms with Gasteiger partial charge in [0, 0.05) is 18.6 Å². The molecule has 1 aliphatic carbocycles. The number of hydrogen-bond donors (Lipinski definition) is 1. The molecule has 0 aromatic heterocycles. The quantitative estimate of drug-likeness (QED) is 0.710. The van der Waals surface area contributed by atoms with E-state index < -0.39 is 0 Å². The third-order valence-corrected chi connectivity index (χ3v) is 2.72. The molecule has 0 saturated heterocycles. The van der Waals surface area contributed by atoms with Gasteiger partial charge < -0.3 is 5.11 Å². The largest absolute Gasteiger partial charge is 0.511 e. The van der Waals surface area contributed by atoms with Crippen molar-refractivity contribution in [2.75, 3.05) is 0 Å². The lowest BCUT2D eigenvalue weighted by Gasteiger charge is -2.30. The predicted octanol–water partition coefficient (Wildman–Crippen LogP) is 3.45. The Morgan fingerprint density at radius 1 is 1.29 bits per heavy atom. The summed E-state index contributed by atoms with van der Waals surface area (Å²) in [5.41, 5.74) is 0.701. The summed E-state index contributed by atoms with van der Waals surface area (Å²) < 4.78 is 0. The molecule has 1 aliphatic rings. The normalized spacial score (nSPS) is 22.0. The fourth-order valence-electron chi connectivity index (χ4n) is 2.26. The fraction of sp³-hybridized carbons (Fsp3) is 0.714. The number of Topliss-reactive ketones (excluding diaryl/α,β-unsaturated/α-hetero) is 1. The van der Waals surface area contributed by atoms with Crippen molar-refractivity contribution in [1.82, 2.24) is 0 Å². The van der Waals surface area contributed by atoms with Gasteiger partial charge in [0.05, 0.1) is 11.1 Å². The molecule has 0 unspecified atom stereocenters. The molecule has 1 rings (SSSR count). The van der Waals surface area contributed by atoms with Crippen molar-refractivity contribution in [3.8, 4) is 0 Å². The van der Waals surface area contributed by atoms with Crippen molar-refractivity contribution >= 4 is 11.5 Å². The van der Waals surface area contributed by atoms with E-state index in [1.54, 1.807) is 6.92 Å². The van der Waals surface area contributed by atoms with Crippen LogP contribution in [-0.2, 0) is 4.79 Å². The number of aliphatic hydroxyl groups excluding tert-OH is 1. The zero-order valence-corrected chi connectivity index (χ0v) is 11.7. The van der Waals surface area contributed by atoms with Crippen LogP contribution in [0.4, 0.5) is 0 Å². The van der Waals surface area contributed by atoms with Crippen LogP contribution in [0.25, 0.3) is 0 Å². The lowest BCUT2D eigenvalue weighted by Crippen LogP contribution is -2.29. The van der Waals surface area contributed by atoms with E-state index in [1.807, 2.05) is 34.6 Å². The number of nitrogens with zero attached hydrogens (tertiary/aromatic N) is 1. The van der Waals surface area contributed by atoms with Crippen LogP contribution in [0.1, 0.15) is 54.4 Å². The molecular weight excluding hydrogens is 214 g/mol. The van der Waals surface area contributed by atoms with E-state index in [9.17, 15) is 9.90 Å². The van der Waals surface area contributed by atoms with E-state index in [4.69, 9.17) is 0 Å². The summed E-state index contributed by atoms with van der Waals surface area (Å²) in [7, 11) is 0. The summed E-state index contributed by atoms with van der Waals surface area (Å²) in [6, 6.07) is 0. The summed E-state index contributed by atoms with van der Waals surface area (Å²) in [6.45, 7) is 11.7. The number of rotatable bonds is 1. The van der Waals surface area contributed by atoms with Gasteiger partial charge in [0.2, 0.25) is 0 Å². The number of carbonyl (C=O) groups excluding carboxylic acids is 1. The van der Waals surface area contributed by atoms with Crippen LogP contribution in [0.15, 0.2) is 16.3 Å². The average Bonchev–Trinajstić information content (AvgIpc) is 1.94. The van der Waals surface area contributed by atoms with Gasteiger partial charge in [-0.1, -0.05) is 13.8 Å². The molecule has 0 aliphatic heterocycles. The minimum absolute atomic E-state index is 0.00394. The first kappa shape index (κ1) is 13.9. The highest BCUT2D eigenvalue weighted by Crippen LogP contribution is 2.36. The Balaban J connectivity index is 3.14. The molecule has 1 N–H and O–H groups in total. The van der Waals surface area contributed by atoms with Gasteiger partial charge in [-0.15, -0.1) is 0 Å². The smallest absolute Gasteiger partial charge is 0.168 e. The summed E-state index contributed by atoms with van der Waals surface area (Å²) in [5, 5.41) is 10.0. The first-order chi connectivity index (χ1) is 7.52. The van der Waals surface area contributed by atoms with Gasteiger partial charge in [0.1, 0.15) is 5.76 Å². The zero-order valence-electron chi connectivity index (χ0n) is 11.7. The number of allylic oxidation sites excluding steroid dienone is 2. The van der Waals surface area contributed by atoms with E-state index in [0.717, 1.165) is 0 Å². The molecule has 0 saturated carbocycles. The van der Waals surface area contributed by atoms with Crippen molar-refractivity contribution in [3.05, 3.63) is 11.3 Å². The van der Waals surface area contributed by atoms with Gasteiger partial charge in [-0.05, 0) is 33.1 Å². The van der Waals surface area contributed by atoms with E-state index in [-0.39, 0.29) is 22.5 Å². The second-order valence-corrected chi connectivity index (χ2v) is 6.63. The first-order valence-corrected chi connectivity index (χ1v) is 6.04. The highest BCUT2D eigenvalue weighted by atomic mass is 16.3. The predicted molar refractivity (Wildman–Crippen MR) is 70.5 cm³/mol. The maximum absolute atomic E-state index is 12.0. The van der Waals surface area contributed by atoms with E-state index in [2.05, 4.69) is 4.99 Å². The zero-order chi connectivity index (χ0) is 13.4. The van der Waals surface area contributed by atoms with Crippen molar-refractivity contribution in [3.63, 3.8) is 0 Å². The van der Waals surface area contributed by atoms with Crippen LogP contribution in [0.3, 0.4) is 0 Å². The molecule has 0 spiro atoms. The number of ketones is 1. The summed E-state index contributed by atoms with van der Waals surface area (Å²) in [4.78, 5) is 16.5. The third-order valence-electron chi connectivity index (χ3n) is 2.72. The maximum Gasteiger partial charge on any atom is 0.168 e. The molecule has 96 valence electrons. The Hall–Kier alpha value is -1.12. The van der Waals surface area contributed by atoms with E-state index in [1.165, 1.54) is 0 Å². The lowest BCUT2D eigenvalue weighted by atomic mass is 9.75. The van der Waals surface area contributed by atoms with E-state index >= 15 is 0 Å². The molecule has 0 bridgehead atoms. The minimum atomic E-state index is -0.232. The molecule has 3 nitrogen and oxygen atoms in total. The van der Waals surface area contributed by atoms with Gasteiger partial charge in [-0.3, -0.25) is 9.79 Å². The van der Waals surface area contributed by atoms with E-state index in [0.29, 0.717) is 24.1 Å². The maximum atomic E-state index is 12.0. The topological polar surface area (TPSA) is 49.7 Å². The highest BCUT2D eigenvalue weighted by Gasteiger charge is 2.34. The van der Waals surface area contributed by atoms with Crippen LogP contribution in [-0.4, -0.2) is 22.1 Å². The van der Waals surface area contributed by atoms with Crippen LogP contribution < -0.4 is 0 Å². The number of hydrogen-bond acceptors (Lipinski definition) is 3. The Kier molecular flexibility index (Phi) is 3.51. The molecule has 0 aromatic carbocycles. The van der Waals surface area contributed by atoms with Crippen molar-refractivity contribution in [2.45, 2.75) is 59.9 Å². The molecule has 0 amide bonds. The second-order valence-electron chi connectivity index (χ2n) is 6.63. The van der Waals surface area contributed by atoms with Crippen LogP contribution in [0.2, 0.25) is 0 Å². The van der Waals surface area contributed by atoms with Crippen molar-refractivity contribution < 1.29 is 9.90 Å². The van der Waals surface area contributed by atoms with Gasteiger partial charge in [-0.25, -0.2) is 0 Å². The monoisotopic (exact) mass is 237 g/mol. The Labute approximate surface area is 104 Å². The third kappa shape index (κ3) is 3.69. The molecular formula is C14H23NO2. The summed E-state index contributed by atoms with van der Waals surface area (Å²) in [5.74, 6) is 0.195. The standard InChI is InChI=1S/C14H23NO2/c1-9(15-13(2,3)4)12-10(16)7-14(5,6)8-11(12)17/h16H,7-8H2,1-6H3. The van der Waals surface area contributed by atoms with Gasteiger partial charge in [0.25, 0.3) is 0 Å². The fourth-order valence-corrected chi connectivity index (χ4v) is 2.26. The van der Waals surface area contributed by atoms with Crippen LogP contribution >= 0.6 is 0 Å². The summed E-state index contributed by atoms with van der Waals surface area (Å²) >= 11 is 0. The van der Waals surface area contributed by atoms with Gasteiger partial charge in [0.15, 0.2) is 5.78 Å². The van der Waals surface area contributed by atoms with Gasteiger partial charge in [-0.2, -0.15) is 0 Å². The molecule has 0 heterocycles.